The molecule has 0 saturated heterocycles. The average molecular weight is 313 g/mol. The van der Waals surface area contributed by atoms with Crippen molar-refractivity contribution in [3.8, 4) is 18.1 Å². The van der Waals surface area contributed by atoms with E-state index in [1.54, 1.807) is 0 Å². The Balaban J connectivity index is 0.00000144. The smallest absolute Gasteiger partial charge is 0.183 e. The summed E-state index contributed by atoms with van der Waals surface area (Å²) in [6.07, 6.45) is 5.28. The predicted octanol–water partition coefficient (Wildman–Crippen LogP) is 2.79. The lowest BCUT2D eigenvalue weighted by molar-refractivity contribution is 0.341. The second-order valence-corrected chi connectivity index (χ2v) is 4.29. The van der Waals surface area contributed by atoms with Crippen LogP contribution in [0, 0.1) is 17.8 Å². The van der Waals surface area contributed by atoms with Crippen molar-refractivity contribution in [1.82, 2.24) is 4.57 Å². The van der Waals surface area contributed by atoms with E-state index in [9.17, 15) is 0 Å². The maximum absolute atomic E-state index is 7.82. The highest BCUT2D eigenvalue weighted by molar-refractivity contribution is 8.93. The van der Waals surface area contributed by atoms with E-state index < -0.39 is 0 Å². The molecule has 0 unspecified atom stereocenters. The number of halogens is 1. The zero-order valence-electron chi connectivity index (χ0n) is 9.40. The number of nitrogens with one attached hydrogen (secondary N) is 1. The van der Waals surface area contributed by atoms with Gasteiger partial charge in [-0.15, -0.1) is 23.4 Å². The molecule has 0 aliphatic heterocycles. The van der Waals surface area contributed by atoms with Gasteiger partial charge in [-0.25, -0.2) is 0 Å². The molecule has 0 aliphatic carbocycles. The number of rotatable bonds is 3. The van der Waals surface area contributed by atoms with Gasteiger partial charge >= 0.3 is 0 Å². The van der Waals surface area contributed by atoms with E-state index in [4.69, 9.17) is 16.6 Å². The molecule has 1 aromatic heterocycles. The van der Waals surface area contributed by atoms with Gasteiger partial charge in [0.2, 0.25) is 0 Å². The summed E-state index contributed by atoms with van der Waals surface area (Å²) in [5.41, 5.74) is 0.997. The zero-order chi connectivity index (χ0) is 11.5. The van der Waals surface area contributed by atoms with Crippen LogP contribution in [-0.4, -0.2) is 11.2 Å². The Morgan fingerprint density at radius 2 is 2.29 bits per heavy atom. The number of terminal acetylenes is 1. The van der Waals surface area contributed by atoms with E-state index in [0.29, 0.717) is 18.0 Å². The van der Waals surface area contributed by atoms with Crippen LogP contribution in [0.4, 0.5) is 0 Å². The molecule has 2 rings (SSSR count). The van der Waals surface area contributed by atoms with Crippen molar-refractivity contribution in [3.05, 3.63) is 23.0 Å². The van der Waals surface area contributed by atoms with E-state index in [2.05, 4.69) is 5.92 Å². The normalized spacial score (nSPS) is 9.65. The second-order valence-electron chi connectivity index (χ2n) is 3.26. The Morgan fingerprint density at radius 3 is 2.94 bits per heavy atom. The molecule has 5 heteroatoms. The van der Waals surface area contributed by atoms with E-state index >= 15 is 0 Å². The first-order valence-electron chi connectivity index (χ1n) is 5.00. The Morgan fingerprint density at radius 1 is 1.53 bits per heavy atom. The van der Waals surface area contributed by atoms with Crippen LogP contribution >= 0.6 is 28.3 Å². The summed E-state index contributed by atoms with van der Waals surface area (Å²) in [4.78, 5) is 0.474. The highest BCUT2D eigenvalue weighted by Crippen LogP contribution is 2.23. The molecule has 0 amide bonds. The molecule has 0 radical (unpaired) electrons. The van der Waals surface area contributed by atoms with Gasteiger partial charge in [0.05, 0.1) is 23.4 Å². The van der Waals surface area contributed by atoms with Crippen LogP contribution in [0.5, 0.6) is 5.75 Å². The van der Waals surface area contributed by atoms with Gasteiger partial charge < -0.3 is 9.30 Å². The number of aromatic nitrogens is 1. The van der Waals surface area contributed by atoms with E-state index in [-0.39, 0.29) is 17.0 Å². The number of benzene rings is 1. The molecule has 2 aromatic rings. The van der Waals surface area contributed by atoms with Gasteiger partial charge in [0.1, 0.15) is 5.75 Å². The Labute approximate surface area is 114 Å². The number of nitrogens with zero attached hydrogens (tertiary/aromatic N) is 1. The molecule has 1 heterocycles. The van der Waals surface area contributed by atoms with E-state index in [0.717, 1.165) is 16.0 Å². The van der Waals surface area contributed by atoms with Gasteiger partial charge in [0, 0.05) is 0 Å². The molecule has 17 heavy (non-hydrogen) atoms. The van der Waals surface area contributed by atoms with Crippen molar-refractivity contribution >= 4 is 38.5 Å². The van der Waals surface area contributed by atoms with Crippen LogP contribution in [0.2, 0.25) is 0 Å². The molecule has 1 aromatic carbocycles. The SMILES string of the molecule is Br.C#CCn1c(=N)sc2cc(OCC)ccc21. The first kappa shape index (κ1) is 13.8. The molecular weight excluding hydrogens is 300 g/mol. The van der Waals surface area contributed by atoms with E-state index in [1.807, 2.05) is 29.7 Å². The summed E-state index contributed by atoms with van der Waals surface area (Å²) in [6, 6.07) is 5.81. The first-order chi connectivity index (χ1) is 7.76. The lowest BCUT2D eigenvalue weighted by Crippen LogP contribution is -2.11. The summed E-state index contributed by atoms with van der Waals surface area (Å²) >= 11 is 1.41. The minimum Gasteiger partial charge on any atom is -0.494 e. The molecule has 0 bridgehead atoms. The van der Waals surface area contributed by atoms with Crippen LogP contribution in [-0.2, 0) is 6.54 Å². The zero-order valence-corrected chi connectivity index (χ0v) is 11.9. The highest BCUT2D eigenvalue weighted by Gasteiger charge is 2.05. The highest BCUT2D eigenvalue weighted by atomic mass is 79.9. The first-order valence-corrected chi connectivity index (χ1v) is 5.82. The summed E-state index contributed by atoms with van der Waals surface area (Å²) in [5.74, 6) is 3.40. The van der Waals surface area contributed by atoms with Gasteiger partial charge in [-0.1, -0.05) is 17.3 Å². The standard InChI is InChI=1S/C12H12N2OS.BrH/c1-3-7-14-10-6-5-9(15-4-2)8-11(10)16-12(14)13;/h1,5-6,8,13H,4,7H2,2H3;1H. The largest absolute Gasteiger partial charge is 0.494 e. The van der Waals surface area contributed by atoms with Gasteiger partial charge in [0.15, 0.2) is 4.80 Å². The summed E-state index contributed by atoms with van der Waals surface area (Å²) in [6.45, 7) is 3.04. The third-order valence-corrected chi connectivity index (χ3v) is 3.19. The lowest BCUT2D eigenvalue weighted by Gasteiger charge is -2.03. The molecule has 0 atom stereocenters. The molecule has 0 spiro atoms. The van der Waals surface area contributed by atoms with Crippen molar-refractivity contribution in [2.45, 2.75) is 13.5 Å². The number of ether oxygens (including phenoxy) is 1. The topological polar surface area (TPSA) is 38.0 Å². The Kier molecular flexibility index (Phi) is 4.79. The summed E-state index contributed by atoms with van der Waals surface area (Å²) in [5, 5.41) is 7.82. The Bertz CT molecular complexity index is 609. The Hall–Kier alpha value is -1.25. The van der Waals surface area contributed by atoms with Crippen LogP contribution in [0.3, 0.4) is 0 Å². The lowest BCUT2D eigenvalue weighted by atomic mass is 10.3. The fourth-order valence-corrected chi connectivity index (χ4v) is 2.51. The third-order valence-electron chi connectivity index (χ3n) is 2.23. The fraction of sp³-hybridized carbons (Fsp3) is 0.250. The monoisotopic (exact) mass is 312 g/mol. The van der Waals surface area contributed by atoms with Crippen molar-refractivity contribution < 1.29 is 4.74 Å². The quantitative estimate of drug-likeness (QED) is 0.870. The second kappa shape index (κ2) is 5.89. The molecule has 90 valence electrons. The van der Waals surface area contributed by atoms with Crippen molar-refractivity contribution in [2.75, 3.05) is 6.61 Å². The molecule has 0 aliphatic rings. The van der Waals surface area contributed by atoms with Gasteiger partial charge in [-0.2, -0.15) is 0 Å². The minimum absolute atomic E-state index is 0. The summed E-state index contributed by atoms with van der Waals surface area (Å²) < 4.78 is 8.27. The molecule has 0 saturated carbocycles. The number of thiazole rings is 1. The van der Waals surface area contributed by atoms with Crippen molar-refractivity contribution in [3.63, 3.8) is 0 Å². The molecule has 1 N–H and O–H groups in total. The molecular formula is C12H13BrN2OS. The van der Waals surface area contributed by atoms with Gasteiger partial charge in [0.25, 0.3) is 0 Å². The third kappa shape index (κ3) is 2.71. The number of hydrogen-bond acceptors (Lipinski definition) is 3. The maximum atomic E-state index is 7.82. The minimum atomic E-state index is 0. The van der Waals surface area contributed by atoms with Crippen molar-refractivity contribution in [2.24, 2.45) is 0 Å². The molecule has 3 nitrogen and oxygen atoms in total. The van der Waals surface area contributed by atoms with E-state index in [1.165, 1.54) is 11.3 Å². The van der Waals surface area contributed by atoms with Crippen LogP contribution in [0.15, 0.2) is 18.2 Å². The molecule has 0 fully saturated rings. The number of hydrogen-bond donors (Lipinski definition) is 1. The van der Waals surface area contributed by atoms with Crippen molar-refractivity contribution in [1.29, 1.82) is 5.41 Å². The van der Waals surface area contributed by atoms with Gasteiger partial charge in [-0.05, 0) is 25.1 Å². The van der Waals surface area contributed by atoms with Crippen LogP contribution in [0.25, 0.3) is 10.2 Å². The fourth-order valence-electron chi connectivity index (χ4n) is 1.57. The predicted molar refractivity (Wildman–Crippen MR) is 76.0 cm³/mol. The summed E-state index contributed by atoms with van der Waals surface area (Å²) in [7, 11) is 0. The maximum Gasteiger partial charge on any atom is 0.183 e. The number of fused-ring (bicyclic) bond motifs is 1. The van der Waals surface area contributed by atoms with Crippen LogP contribution < -0.4 is 9.54 Å². The average Bonchev–Trinajstić information content (AvgIpc) is 2.56. The van der Waals surface area contributed by atoms with Gasteiger partial charge in [-0.3, -0.25) is 5.41 Å². The van der Waals surface area contributed by atoms with Crippen LogP contribution in [0.1, 0.15) is 6.92 Å².